The van der Waals surface area contributed by atoms with E-state index in [0.29, 0.717) is 25.8 Å². The van der Waals surface area contributed by atoms with Gasteiger partial charge in [0.05, 0.1) is 11.9 Å². The van der Waals surface area contributed by atoms with Crippen molar-refractivity contribution in [3.63, 3.8) is 0 Å². The van der Waals surface area contributed by atoms with Crippen molar-refractivity contribution in [2.45, 2.75) is 51.7 Å². The molecular formula is C19H26ClFN2O4. The first-order valence-electron chi connectivity index (χ1n) is 8.74. The first-order chi connectivity index (χ1) is 12.6. The lowest BCUT2D eigenvalue weighted by Gasteiger charge is -2.20. The molecule has 1 atom stereocenters. The van der Waals surface area contributed by atoms with Crippen LogP contribution in [0.15, 0.2) is 24.3 Å². The Morgan fingerprint density at radius 1 is 1.22 bits per heavy atom. The number of ketones is 1. The van der Waals surface area contributed by atoms with Crippen molar-refractivity contribution in [3.8, 4) is 0 Å². The Balaban J connectivity index is 2.46. The number of amides is 2. The van der Waals surface area contributed by atoms with Gasteiger partial charge in [-0.05, 0) is 58.2 Å². The van der Waals surface area contributed by atoms with Gasteiger partial charge in [-0.3, -0.25) is 9.59 Å². The normalized spacial score (nSPS) is 12.2. The molecule has 0 fully saturated rings. The van der Waals surface area contributed by atoms with Crippen molar-refractivity contribution in [1.82, 2.24) is 10.6 Å². The Hall–Kier alpha value is -2.15. The van der Waals surface area contributed by atoms with E-state index < -0.39 is 29.5 Å². The van der Waals surface area contributed by atoms with Gasteiger partial charge in [-0.1, -0.05) is 6.07 Å². The molecule has 0 aliphatic rings. The van der Waals surface area contributed by atoms with Gasteiger partial charge >= 0.3 is 6.09 Å². The van der Waals surface area contributed by atoms with Crippen LogP contribution >= 0.6 is 11.6 Å². The molecule has 2 N–H and O–H groups in total. The lowest BCUT2D eigenvalue weighted by atomic mass is 10.1. The molecule has 27 heavy (non-hydrogen) atoms. The number of unbranched alkanes of at least 4 members (excludes halogenated alkanes) is 1. The van der Waals surface area contributed by atoms with Crippen molar-refractivity contribution in [3.05, 3.63) is 35.6 Å². The standard InChI is InChI=1S/C19H26ClFN2O4/c1-19(2,3)27-18(26)22-10-5-4-9-15(16(24)12-20)23-17(25)13-7-6-8-14(21)11-13/h6-8,11,15H,4-5,9-10,12H2,1-3H3,(H,22,26)(H,23,25)/t15-/m0/s1. The van der Waals surface area contributed by atoms with Gasteiger partial charge in [0.15, 0.2) is 5.78 Å². The van der Waals surface area contributed by atoms with Crippen molar-refractivity contribution in [2.75, 3.05) is 12.4 Å². The fourth-order valence-electron chi connectivity index (χ4n) is 2.26. The fraction of sp³-hybridized carbons (Fsp3) is 0.526. The highest BCUT2D eigenvalue weighted by Gasteiger charge is 2.20. The highest BCUT2D eigenvalue weighted by atomic mass is 35.5. The van der Waals surface area contributed by atoms with Gasteiger partial charge in [0.2, 0.25) is 0 Å². The van der Waals surface area contributed by atoms with Crippen LogP contribution < -0.4 is 10.6 Å². The van der Waals surface area contributed by atoms with E-state index in [-0.39, 0.29) is 17.2 Å². The summed E-state index contributed by atoms with van der Waals surface area (Å²) in [6, 6.07) is 4.45. The number of halogens is 2. The number of Topliss-reactive ketones (excluding diaryl/α,β-unsaturated/α-hetero) is 1. The molecule has 6 nitrogen and oxygen atoms in total. The Morgan fingerprint density at radius 2 is 1.93 bits per heavy atom. The van der Waals surface area contributed by atoms with E-state index in [2.05, 4.69) is 10.6 Å². The summed E-state index contributed by atoms with van der Waals surface area (Å²) in [5, 5.41) is 5.22. The van der Waals surface area contributed by atoms with Crippen LogP contribution in [0.25, 0.3) is 0 Å². The van der Waals surface area contributed by atoms with Crippen LogP contribution in [0.5, 0.6) is 0 Å². The summed E-state index contributed by atoms with van der Waals surface area (Å²) < 4.78 is 18.4. The van der Waals surface area contributed by atoms with Gasteiger partial charge in [0.1, 0.15) is 11.4 Å². The fourth-order valence-corrected chi connectivity index (χ4v) is 2.44. The number of nitrogens with one attached hydrogen (secondary N) is 2. The average Bonchev–Trinajstić information content (AvgIpc) is 2.58. The summed E-state index contributed by atoms with van der Waals surface area (Å²) in [5.74, 6) is -1.62. The van der Waals surface area contributed by atoms with Crippen LogP contribution in [0.3, 0.4) is 0 Å². The number of benzene rings is 1. The average molecular weight is 401 g/mol. The maximum atomic E-state index is 13.2. The van der Waals surface area contributed by atoms with Crippen LogP contribution in [-0.2, 0) is 9.53 Å². The maximum Gasteiger partial charge on any atom is 0.407 e. The lowest BCUT2D eigenvalue weighted by molar-refractivity contribution is -0.118. The molecular weight excluding hydrogens is 375 g/mol. The molecule has 0 spiro atoms. The van der Waals surface area contributed by atoms with Crippen molar-refractivity contribution in [2.24, 2.45) is 0 Å². The second-order valence-electron chi connectivity index (χ2n) is 7.06. The number of carbonyl (C=O) groups is 3. The number of ether oxygens (including phenoxy) is 1. The second kappa shape index (κ2) is 10.9. The van der Waals surface area contributed by atoms with E-state index in [1.54, 1.807) is 20.8 Å². The zero-order valence-electron chi connectivity index (χ0n) is 15.8. The molecule has 0 aliphatic carbocycles. The molecule has 0 bridgehead atoms. The Bertz CT molecular complexity index is 661. The number of alkyl carbamates (subject to hydrolysis) is 1. The third-order valence-corrected chi connectivity index (χ3v) is 3.76. The Labute approximate surface area is 163 Å². The number of hydrogen-bond acceptors (Lipinski definition) is 4. The van der Waals surface area contributed by atoms with Crippen LogP contribution in [0, 0.1) is 5.82 Å². The second-order valence-corrected chi connectivity index (χ2v) is 7.33. The Morgan fingerprint density at radius 3 is 2.52 bits per heavy atom. The van der Waals surface area contributed by atoms with Crippen LogP contribution in [0.1, 0.15) is 50.4 Å². The zero-order chi connectivity index (χ0) is 20.4. The first-order valence-corrected chi connectivity index (χ1v) is 9.28. The molecule has 0 saturated heterocycles. The Kier molecular flexibility index (Phi) is 9.21. The lowest BCUT2D eigenvalue weighted by Crippen LogP contribution is -2.41. The number of hydrogen-bond donors (Lipinski definition) is 2. The van der Waals surface area contributed by atoms with Crippen molar-refractivity contribution < 1.29 is 23.5 Å². The molecule has 0 aromatic heterocycles. The predicted molar refractivity (Wildman–Crippen MR) is 101 cm³/mol. The smallest absolute Gasteiger partial charge is 0.407 e. The van der Waals surface area contributed by atoms with E-state index in [1.165, 1.54) is 18.2 Å². The van der Waals surface area contributed by atoms with E-state index >= 15 is 0 Å². The third-order valence-electron chi connectivity index (χ3n) is 3.50. The minimum absolute atomic E-state index is 0.133. The summed E-state index contributed by atoms with van der Waals surface area (Å²) in [6.07, 6.45) is 1.03. The summed E-state index contributed by atoms with van der Waals surface area (Å²) in [7, 11) is 0. The molecule has 1 aromatic carbocycles. The van der Waals surface area contributed by atoms with Gasteiger partial charge in [-0.15, -0.1) is 11.6 Å². The number of rotatable bonds is 9. The summed E-state index contributed by atoms with van der Waals surface area (Å²) in [6.45, 7) is 5.71. The number of alkyl halides is 1. The molecule has 1 aromatic rings. The van der Waals surface area contributed by atoms with Crippen LogP contribution in [-0.4, -0.2) is 41.9 Å². The molecule has 0 radical (unpaired) electrons. The minimum atomic E-state index is -0.764. The monoisotopic (exact) mass is 400 g/mol. The predicted octanol–water partition coefficient (Wildman–Crippen LogP) is 3.43. The van der Waals surface area contributed by atoms with Gasteiger partial charge in [-0.2, -0.15) is 0 Å². The quantitative estimate of drug-likeness (QED) is 0.491. The van der Waals surface area contributed by atoms with E-state index in [1.807, 2.05) is 0 Å². The van der Waals surface area contributed by atoms with Crippen molar-refractivity contribution in [1.29, 1.82) is 0 Å². The van der Waals surface area contributed by atoms with E-state index in [0.717, 1.165) is 6.07 Å². The van der Waals surface area contributed by atoms with Crippen LogP contribution in [0.2, 0.25) is 0 Å². The molecule has 2 amide bonds. The molecule has 8 heteroatoms. The molecule has 150 valence electrons. The highest BCUT2D eigenvalue weighted by Crippen LogP contribution is 2.09. The summed E-state index contributed by atoms with van der Waals surface area (Å²) in [5.41, 5.74) is -0.433. The van der Waals surface area contributed by atoms with Crippen LogP contribution in [0.4, 0.5) is 9.18 Å². The zero-order valence-corrected chi connectivity index (χ0v) is 16.6. The molecule has 0 aliphatic heterocycles. The topological polar surface area (TPSA) is 84.5 Å². The maximum absolute atomic E-state index is 13.2. The first kappa shape index (κ1) is 22.9. The van der Waals surface area contributed by atoms with E-state index in [4.69, 9.17) is 16.3 Å². The van der Waals surface area contributed by atoms with Gasteiger partial charge in [-0.25, -0.2) is 9.18 Å². The van der Waals surface area contributed by atoms with E-state index in [9.17, 15) is 18.8 Å². The molecule has 0 unspecified atom stereocenters. The van der Waals surface area contributed by atoms with Gasteiger partial charge in [0.25, 0.3) is 5.91 Å². The molecule has 1 rings (SSSR count). The molecule has 0 saturated carbocycles. The largest absolute Gasteiger partial charge is 0.444 e. The SMILES string of the molecule is CC(C)(C)OC(=O)NCCCC[C@H](NC(=O)c1cccc(F)c1)C(=O)CCl. The van der Waals surface area contributed by atoms with Gasteiger partial charge < -0.3 is 15.4 Å². The summed E-state index contributed by atoms with van der Waals surface area (Å²) in [4.78, 5) is 35.7. The summed E-state index contributed by atoms with van der Waals surface area (Å²) >= 11 is 5.61. The highest BCUT2D eigenvalue weighted by molar-refractivity contribution is 6.28. The van der Waals surface area contributed by atoms with Gasteiger partial charge in [0, 0.05) is 12.1 Å². The third kappa shape index (κ3) is 9.38. The number of carbonyl (C=O) groups excluding carboxylic acids is 3. The minimum Gasteiger partial charge on any atom is -0.444 e. The molecule has 0 heterocycles. The van der Waals surface area contributed by atoms with Crippen molar-refractivity contribution >= 4 is 29.4 Å².